The molecule has 0 N–H and O–H groups in total. The molecule has 4 rings (SSSR count). The van der Waals surface area contributed by atoms with E-state index in [9.17, 15) is 18.0 Å². The predicted molar refractivity (Wildman–Crippen MR) is 110 cm³/mol. The fourth-order valence-corrected chi connectivity index (χ4v) is 4.33. The van der Waals surface area contributed by atoms with Gasteiger partial charge >= 0.3 is 6.18 Å². The molecule has 2 aliphatic heterocycles. The molecule has 0 spiro atoms. The number of carbonyl (C=O) groups is 1. The maximum Gasteiger partial charge on any atom is 0.436 e. The van der Waals surface area contributed by atoms with Gasteiger partial charge < -0.3 is 14.5 Å². The van der Waals surface area contributed by atoms with Gasteiger partial charge in [-0.2, -0.15) is 18.3 Å². The molecule has 0 saturated carbocycles. The molecule has 6 nitrogen and oxygen atoms in total. The zero-order valence-electron chi connectivity index (χ0n) is 16.7. The van der Waals surface area contributed by atoms with Gasteiger partial charge in [-0.1, -0.05) is 23.2 Å². The number of alkyl halides is 3. The minimum atomic E-state index is -4.67. The molecular weight excluding hydrogens is 456 g/mol. The normalized spacial score (nSPS) is 18.4. The lowest BCUT2D eigenvalue weighted by atomic mass is 10.1. The average molecular weight is 475 g/mol. The van der Waals surface area contributed by atoms with Crippen molar-refractivity contribution in [3.63, 3.8) is 0 Å². The lowest BCUT2D eigenvalue weighted by molar-refractivity contribution is -0.142. The number of fused-ring (bicyclic) bond motifs is 1. The molecule has 11 heteroatoms. The molecule has 1 unspecified atom stereocenters. The number of amides is 1. The van der Waals surface area contributed by atoms with E-state index in [-0.39, 0.29) is 24.1 Å². The van der Waals surface area contributed by atoms with Crippen LogP contribution in [0.5, 0.6) is 5.75 Å². The first-order chi connectivity index (χ1) is 14.6. The number of hydrogen-bond acceptors (Lipinski definition) is 4. The number of hydrogen-bond donors (Lipinski definition) is 0. The summed E-state index contributed by atoms with van der Waals surface area (Å²) in [5.41, 5.74) is 0.967. The summed E-state index contributed by atoms with van der Waals surface area (Å²) in [6.07, 6.45) is -2.67. The molecule has 1 saturated heterocycles. The van der Waals surface area contributed by atoms with Crippen molar-refractivity contribution in [1.82, 2.24) is 14.7 Å². The Labute approximate surface area is 186 Å². The number of likely N-dealkylation sites (tertiary alicyclic amines) is 1. The van der Waals surface area contributed by atoms with Crippen LogP contribution in [0.15, 0.2) is 30.0 Å². The van der Waals surface area contributed by atoms with E-state index >= 15 is 0 Å². The van der Waals surface area contributed by atoms with E-state index in [0.29, 0.717) is 30.4 Å². The number of ether oxygens (including phenoxy) is 1. The van der Waals surface area contributed by atoms with Crippen molar-refractivity contribution in [2.75, 3.05) is 31.6 Å². The van der Waals surface area contributed by atoms with Gasteiger partial charge in [0.25, 0.3) is 0 Å². The summed E-state index contributed by atoms with van der Waals surface area (Å²) in [4.78, 5) is 16.4. The van der Waals surface area contributed by atoms with E-state index < -0.39 is 16.9 Å². The van der Waals surface area contributed by atoms with Gasteiger partial charge in [-0.15, -0.1) is 0 Å². The number of rotatable bonds is 4. The van der Waals surface area contributed by atoms with E-state index in [1.54, 1.807) is 18.1 Å². The van der Waals surface area contributed by atoms with Gasteiger partial charge in [-0.05, 0) is 24.6 Å². The first-order valence-corrected chi connectivity index (χ1v) is 10.2. The second-order valence-corrected chi connectivity index (χ2v) is 8.33. The third-order valence-corrected chi connectivity index (χ3v) is 6.35. The second kappa shape index (κ2) is 7.94. The van der Waals surface area contributed by atoms with E-state index in [0.717, 1.165) is 15.9 Å². The lowest BCUT2D eigenvalue weighted by Crippen LogP contribution is -2.34. The van der Waals surface area contributed by atoms with Crippen LogP contribution in [-0.4, -0.2) is 47.3 Å². The lowest BCUT2D eigenvalue weighted by Gasteiger charge is -2.21. The zero-order chi connectivity index (χ0) is 22.5. The third kappa shape index (κ3) is 4.08. The van der Waals surface area contributed by atoms with Crippen LogP contribution < -0.4 is 9.64 Å². The van der Waals surface area contributed by atoms with Crippen molar-refractivity contribution >= 4 is 34.8 Å². The molecule has 31 heavy (non-hydrogen) atoms. The molecule has 0 aliphatic carbocycles. The molecule has 1 aromatic carbocycles. The predicted octanol–water partition coefficient (Wildman–Crippen LogP) is 4.39. The Morgan fingerprint density at radius 1 is 1.29 bits per heavy atom. The number of anilines is 1. The first-order valence-electron chi connectivity index (χ1n) is 9.47. The Morgan fingerprint density at radius 2 is 2.03 bits per heavy atom. The quantitative estimate of drug-likeness (QED) is 0.659. The summed E-state index contributed by atoms with van der Waals surface area (Å²) in [5.74, 6) is 0.433. The third-order valence-electron chi connectivity index (χ3n) is 5.58. The summed E-state index contributed by atoms with van der Waals surface area (Å²) in [6.45, 7) is 2.73. The number of aromatic nitrogens is 2. The molecule has 166 valence electrons. The molecule has 1 amide bonds. The SMILES string of the molecule is COc1cc(N2C=C3CN(C(=O)Cn4nc(C(F)(F)F)c(Cl)c4C)CC3C2)ccc1Cl. The second-order valence-electron chi connectivity index (χ2n) is 7.55. The number of nitrogens with zero attached hydrogens (tertiary/aromatic N) is 4. The number of methoxy groups -OCH3 is 1. The summed E-state index contributed by atoms with van der Waals surface area (Å²) < 4.78 is 45.3. The van der Waals surface area contributed by atoms with Gasteiger partial charge in [-0.3, -0.25) is 9.48 Å². The van der Waals surface area contributed by atoms with Gasteiger partial charge in [0.05, 0.1) is 22.8 Å². The van der Waals surface area contributed by atoms with Gasteiger partial charge in [0, 0.05) is 43.5 Å². The van der Waals surface area contributed by atoms with Crippen LogP contribution in [-0.2, 0) is 17.5 Å². The van der Waals surface area contributed by atoms with E-state index in [1.165, 1.54) is 6.92 Å². The van der Waals surface area contributed by atoms with Gasteiger partial charge in [0.1, 0.15) is 12.3 Å². The highest BCUT2D eigenvalue weighted by atomic mass is 35.5. The Balaban J connectivity index is 1.45. The van der Waals surface area contributed by atoms with E-state index in [4.69, 9.17) is 27.9 Å². The highest BCUT2D eigenvalue weighted by Gasteiger charge is 2.39. The van der Waals surface area contributed by atoms with Crippen molar-refractivity contribution < 1.29 is 22.7 Å². The molecule has 3 heterocycles. The molecule has 1 atom stereocenters. The molecule has 1 fully saturated rings. The Bertz CT molecular complexity index is 1070. The van der Waals surface area contributed by atoms with Crippen LogP contribution in [0.2, 0.25) is 10.0 Å². The molecule has 2 aromatic rings. The van der Waals surface area contributed by atoms with Gasteiger partial charge in [0.2, 0.25) is 5.91 Å². The van der Waals surface area contributed by atoms with Crippen LogP contribution in [0.25, 0.3) is 0 Å². The van der Waals surface area contributed by atoms with Crippen molar-refractivity contribution in [3.05, 3.63) is 51.4 Å². The van der Waals surface area contributed by atoms with Crippen molar-refractivity contribution in [3.8, 4) is 5.75 Å². The molecular formula is C20H19Cl2F3N4O2. The molecule has 1 aromatic heterocycles. The Kier molecular flexibility index (Phi) is 5.59. The standard InChI is InChI=1S/C20H19Cl2F3N4O2/c1-11-18(22)19(20(23,24)25)26-29(11)10-17(30)28-8-12-6-27(7-13(12)9-28)14-3-4-15(21)16(5-14)31-2/h3-6,13H,7-10H2,1-2H3. The summed E-state index contributed by atoms with van der Waals surface area (Å²) in [5, 5.41) is 3.56. The summed E-state index contributed by atoms with van der Waals surface area (Å²) in [6, 6.07) is 5.52. The Hall–Kier alpha value is -2.39. The number of halogens is 5. The highest BCUT2D eigenvalue weighted by Crippen LogP contribution is 2.37. The fraction of sp³-hybridized carbons (Fsp3) is 0.400. The van der Waals surface area contributed by atoms with Gasteiger partial charge in [-0.25, -0.2) is 0 Å². The van der Waals surface area contributed by atoms with Crippen LogP contribution in [0.4, 0.5) is 18.9 Å². The minimum absolute atomic E-state index is 0.115. The van der Waals surface area contributed by atoms with Crippen LogP contribution in [0.3, 0.4) is 0 Å². The van der Waals surface area contributed by atoms with Crippen LogP contribution in [0.1, 0.15) is 11.4 Å². The van der Waals surface area contributed by atoms with Gasteiger partial charge in [0.15, 0.2) is 5.69 Å². The topological polar surface area (TPSA) is 50.6 Å². The van der Waals surface area contributed by atoms with E-state index in [1.807, 2.05) is 18.3 Å². The monoisotopic (exact) mass is 474 g/mol. The summed E-state index contributed by atoms with van der Waals surface area (Å²) >= 11 is 11.9. The number of benzene rings is 1. The molecule has 0 radical (unpaired) electrons. The van der Waals surface area contributed by atoms with E-state index in [2.05, 4.69) is 10.00 Å². The minimum Gasteiger partial charge on any atom is -0.495 e. The average Bonchev–Trinajstić information content (AvgIpc) is 3.36. The smallest absolute Gasteiger partial charge is 0.436 e. The number of carbonyl (C=O) groups excluding carboxylic acids is 1. The first kappa shape index (κ1) is 21.8. The van der Waals surface area contributed by atoms with Crippen LogP contribution >= 0.6 is 23.2 Å². The summed E-state index contributed by atoms with van der Waals surface area (Å²) in [7, 11) is 1.55. The maximum atomic E-state index is 13.0. The zero-order valence-corrected chi connectivity index (χ0v) is 18.2. The van der Waals surface area contributed by atoms with Crippen molar-refractivity contribution in [2.45, 2.75) is 19.6 Å². The molecule has 2 aliphatic rings. The van der Waals surface area contributed by atoms with Crippen molar-refractivity contribution in [1.29, 1.82) is 0 Å². The highest BCUT2D eigenvalue weighted by molar-refractivity contribution is 6.32. The Morgan fingerprint density at radius 3 is 2.65 bits per heavy atom. The maximum absolute atomic E-state index is 13.0. The molecule has 0 bridgehead atoms. The largest absolute Gasteiger partial charge is 0.495 e. The fourth-order valence-electron chi connectivity index (χ4n) is 3.89. The van der Waals surface area contributed by atoms with Crippen LogP contribution in [0, 0.1) is 12.8 Å². The van der Waals surface area contributed by atoms with Crippen molar-refractivity contribution in [2.24, 2.45) is 5.92 Å².